The number of ether oxygens (including phenoxy) is 1. The molecule has 5 aromatic rings. The van der Waals surface area contributed by atoms with Gasteiger partial charge in [0, 0.05) is 105 Å². The Morgan fingerprint density at radius 3 is 2.27 bits per heavy atom. The number of carbonyl (C=O) groups is 3. The summed E-state index contributed by atoms with van der Waals surface area (Å²) in [5, 5.41) is 14.3. The van der Waals surface area contributed by atoms with Crippen molar-refractivity contribution in [2.45, 2.75) is 57.9 Å². The predicted octanol–water partition coefficient (Wildman–Crippen LogP) is 6.48. The van der Waals surface area contributed by atoms with Crippen molar-refractivity contribution >= 4 is 91.9 Å². The Bertz CT molecular complexity index is 2890. The molecule has 2 aromatic heterocycles. The van der Waals surface area contributed by atoms with E-state index in [2.05, 4.69) is 65.5 Å². The lowest BCUT2D eigenvalue weighted by molar-refractivity contribution is -0.138. The second kappa shape index (κ2) is 21.2. The average molecular weight is 1050 g/mol. The molecule has 21 heteroatoms. The molecule has 17 nitrogen and oxygen atoms in total. The van der Waals surface area contributed by atoms with E-state index in [4.69, 9.17) is 9.72 Å². The maximum Gasteiger partial charge on any atom is 0.274 e. The van der Waals surface area contributed by atoms with Crippen LogP contribution in [-0.4, -0.2) is 127 Å². The second-order valence-corrected chi connectivity index (χ2v) is 22.5. The van der Waals surface area contributed by atoms with Crippen LogP contribution in [-0.2, 0) is 32.4 Å². The van der Waals surface area contributed by atoms with Crippen molar-refractivity contribution in [2.75, 3.05) is 93.2 Å². The number of piperazine rings is 1. The van der Waals surface area contributed by atoms with Crippen LogP contribution in [0, 0.1) is 17.6 Å². The number of hydrogen-bond donors (Lipinski definition) is 3. The van der Waals surface area contributed by atoms with Gasteiger partial charge in [-0.25, -0.2) is 18.4 Å². The lowest BCUT2D eigenvalue weighted by Crippen LogP contribution is -2.59. The summed E-state index contributed by atoms with van der Waals surface area (Å²) in [4.78, 5) is 67.6. The Morgan fingerprint density at radius 2 is 1.64 bits per heavy atom. The number of amides is 3. The first kappa shape index (κ1) is 50.4. The zero-order valence-corrected chi connectivity index (χ0v) is 42.7. The summed E-state index contributed by atoms with van der Waals surface area (Å²) in [7, 11) is 0.292. The molecule has 3 aliphatic heterocycles. The Kier molecular flexibility index (Phi) is 15.2. The number of fused-ring (bicyclic) bond motifs is 1. The van der Waals surface area contributed by atoms with E-state index in [1.165, 1.54) is 16.8 Å². The molecule has 5 heterocycles. The third-order valence-corrected chi connectivity index (χ3v) is 15.9. The maximum atomic E-state index is 15.3. The van der Waals surface area contributed by atoms with Gasteiger partial charge in [0.05, 0.1) is 46.4 Å². The topological polar surface area (TPSA) is 187 Å². The van der Waals surface area contributed by atoms with E-state index in [1.807, 2.05) is 10.2 Å². The number of aromatic nitrogens is 4. The van der Waals surface area contributed by atoms with Crippen LogP contribution < -0.4 is 41.4 Å². The van der Waals surface area contributed by atoms with E-state index < -0.39 is 30.6 Å². The minimum Gasteiger partial charge on any atom is -0.494 e. The van der Waals surface area contributed by atoms with Gasteiger partial charge in [0.15, 0.2) is 0 Å². The average Bonchev–Trinajstić information content (AvgIpc) is 3.32. The maximum absolute atomic E-state index is 15.3. The number of methoxy groups -OCH3 is 1. The molecule has 0 radical (unpaired) electrons. The van der Waals surface area contributed by atoms with Gasteiger partial charge in [0.2, 0.25) is 24.2 Å². The van der Waals surface area contributed by atoms with Crippen molar-refractivity contribution < 1.29 is 32.5 Å². The van der Waals surface area contributed by atoms with Crippen LogP contribution in [0.3, 0.4) is 0 Å². The first-order valence-corrected chi connectivity index (χ1v) is 27.0. The monoisotopic (exact) mass is 1050 g/mol. The minimum absolute atomic E-state index is 0.0494. The van der Waals surface area contributed by atoms with Crippen LogP contribution in [0.15, 0.2) is 58.1 Å². The number of imide groups is 1. The van der Waals surface area contributed by atoms with E-state index in [1.54, 1.807) is 63.8 Å². The summed E-state index contributed by atoms with van der Waals surface area (Å²) in [5.74, 6) is -2.43. The number of hydrogen-bond acceptors (Lipinski definition) is 14. The molecule has 372 valence electrons. The van der Waals surface area contributed by atoms with Gasteiger partial charge in [0.1, 0.15) is 30.3 Å². The number of halogens is 3. The molecule has 0 bridgehead atoms. The summed E-state index contributed by atoms with van der Waals surface area (Å²) in [6.07, 6.45) is 6.79. The lowest BCUT2D eigenvalue weighted by atomic mass is 9.91. The molecule has 3 fully saturated rings. The normalized spacial score (nSPS) is 16.5. The van der Waals surface area contributed by atoms with Gasteiger partial charge in [-0.3, -0.25) is 29.4 Å². The molecule has 8 rings (SSSR count). The number of rotatable bonds is 16. The molecule has 0 spiro atoms. The van der Waals surface area contributed by atoms with Gasteiger partial charge in [-0.15, -0.1) is 0 Å². The highest BCUT2D eigenvalue weighted by atomic mass is 79.9. The third kappa shape index (κ3) is 10.4. The fourth-order valence-electron chi connectivity index (χ4n) is 10.0. The highest BCUT2D eigenvalue weighted by Crippen LogP contribution is 2.42. The quantitative estimate of drug-likeness (QED) is 0.0721. The first-order valence-electron chi connectivity index (χ1n) is 23.6. The summed E-state index contributed by atoms with van der Waals surface area (Å²) in [5.41, 5.74) is 3.16. The van der Waals surface area contributed by atoms with E-state index in [9.17, 15) is 23.7 Å². The molecule has 3 amide bonds. The van der Waals surface area contributed by atoms with Crippen LogP contribution in [0.1, 0.15) is 56.6 Å². The zero-order valence-electron chi connectivity index (χ0n) is 40.2. The number of piperidine rings is 1. The fraction of sp³-hybridized carbons (Fsp3) is 0.449. The van der Waals surface area contributed by atoms with E-state index in [0.717, 1.165) is 56.7 Å². The van der Waals surface area contributed by atoms with Gasteiger partial charge in [-0.2, -0.15) is 10.1 Å². The molecular formula is C49H59BrF2N11O6P. The van der Waals surface area contributed by atoms with Crippen LogP contribution in [0.25, 0.3) is 10.8 Å². The van der Waals surface area contributed by atoms with Crippen LogP contribution in [0.4, 0.5) is 43.3 Å². The summed E-state index contributed by atoms with van der Waals surface area (Å²) in [6.45, 7) is 12.4. The molecule has 3 aliphatic rings. The fourth-order valence-corrected chi connectivity index (χ4v) is 11.8. The van der Waals surface area contributed by atoms with E-state index >= 15 is 8.78 Å². The third-order valence-electron chi connectivity index (χ3n) is 13.7. The number of aryl methyl sites for hydroxylation is 2. The summed E-state index contributed by atoms with van der Waals surface area (Å²) in [6, 6.07) is 10.4. The van der Waals surface area contributed by atoms with Crippen molar-refractivity contribution in [3.8, 4) is 5.75 Å². The number of anilines is 6. The largest absolute Gasteiger partial charge is 0.494 e. The van der Waals surface area contributed by atoms with E-state index in [-0.39, 0.29) is 35.8 Å². The summed E-state index contributed by atoms with van der Waals surface area (Å²) < 4.78 is 52.0. The van der Waals surface area contributed by atoms with Crippen molar-refractivity contribution in [3.05, 3.63) is 86.4 Å². The first-order chi connectivity index (χ1) is 33.5. The molecule has 1 unspecified atom stereocenters. The second-order valence-electron chi connectivity index (χ2n) is 18.5. The number of nitrogens with one attached hydrogen (secondary N) is 3. The molecule has 0 aliphatic carbocycles. The van der Waals surface area contributed by atoms with Crippen molar-refractivity contribution in [1.29, 1.82) is 0 Å². The van der Waals surface area contributed by atoms with E-state index in [0.29, 0.717) is 93.8 Å². The predicted molar refractivity (Wildman–Crippen MR) is 272 cm³/mol. The molecule has 70 heavy (non-hydrogen) atoms. The molecule has 1 atom stereocenters. The standard InChI is InChI=1S/C49H59BrF2N11O6P/c1-7-9-34(46(65)54-28-64)43-37(51)21-32(22-38(43)52)63-26-30(27-63)47(66)62-18-16-60(17-19-62)31-12-14-61(15-13-31)41-23-42(69-4)40(20-29(41)8-2)57-49-53-25-36(50)45(58-49)56-39-11-10-33-35(44(39)70(5,6)68)24-55-59(3)48(33)67/h10-11,20-25,28,30-31,34H,7-9,12-19,26-27H2,1-6H3,(H,54,64,65)(H2,53,56,57,58). The van der Waals surface area contributed by atoms with Gasteiger partial charge in [0.25, 0.3) is 5.56 Å². The van der Waals surface area contributed by atoms with Crippen LogP contribution in [0.2, 0.25) is 0 Å². The molecular weight excluding hydrogens is 987 g/mol. The Labute approximate surface area is 413 Å². The van der Waals surface area contributed by atoms with Gasteiger partial charge < -0.3 is 34.6 Å². The van der Waals surface area contributed by atoms with Gasteiger partial charge >= 0.3 is 0 Å². The van der Waals surface area contributed by atoms with Gasteiger partial charge in [-0.1, -0.05) is 20.3 Å². The number of benzene rings is 3. The smallest absolute Gasteiger partial charge is 0.274 e. The van der Waals surface area contributed by atoms with Crippen LogP contribution >= 0.6 is 23.1 Å². The van der Waals surface area contributed by atoms with Crippen molar-refractivity contribution in [1.82, 2.24) is 34.9 Å². The summed E-state index contributed by atoms with van der Waals surface area (Å²) >= 11 is 3.56. The number of carbonyl (C=O) groups excluding carboxylic acids is 3. The Balaban J connectivity index is 0.861. The van der Waals surface area contributed by atoms with Crippen LogP contribution in [0.5, 0.6) is 5.75 Å². The van der Waals surface area contributed by atoms with Crippen molar-refractivity contribution in [2.24, 2.45) is 13.0 Å². The minimum atomic E-state index is -2.92. The molecule has 3 aromatic carbocycles. The van der Waals surface area contributed by atoms with Gasteiger partial charge in [-0.05, 0) is 90.8 Å². The highest BCUT2D eigenvalue weighted by Gasteiger charge is 2.39. The molecule has 0 saturated carbocycles. The molecule has 3 saturated heterocycles. The van der Waals surface area contributed by atoms with Crippen molar-refractivity contribution in [3.63, 3.8) is 0 Å². The Morgan fingerprint density at radius 1 is 0.943 bits per heavy atom. The SMILES string of the molecule is CCCC(C(=O)NC=O)c1c(F)cc(N2CC(C(=O)N3CCN(C4CCN(c5cc(OC)c(Nc6ncc(Br)c(Nc7ccc8c(=O)n(C)ncc8c7P(C)(C)=O)n6)cc5CC)CC4)CC3)C2)cc1F. The molecule has 3 N–H and O–H groups in total. The lowest BCUT2D eigenvalue weighted by Gasteiger charge is -2.46. The highest BCUT2D eigenvalue weighted by molar-refractivity contribution is 9.10. The zero-order chi connectivity index (χ0) is 50.0. The number of nitrogens with zero attached hydrogens (tertiary/aromatic N) is 8. The Hall–Kier alpha value is -5.98.